The summed E-state index contributed by atoms with van der Waals surface area (Å²) in [6.45, 7) is 4.07. The number of carbonyl (C=O) groups excluding carboxylic acids is 2. The van der Waals surface area contributed by atoms with Crippen LogP contribution in [0, 0.1) is 11.7 Å². The average Bonchev–Trinajstić information content (AvgIpc) is 2.69. The number of hydrogen-bond acceptors (Lipinski definition) is 4. The van der Waals surface area contributed by atoms with Gasteiger partial charge in [0.25, 0.3) is 0 Å². The van der Waals surface area contributed by atoms with Crippen molar-refractivity contribution in [2.24, 2.45) is 5.92 Å². The number of unbranched alkanes of at least 4 members (excludes halogenated alkanes) is 3. The van der Waals surface area contributed by atoms with E-state index < -0.39 is 6.04 Å². The third-order valence-corrected chi connectivity index (χ3v) is 5.13. The Kier molecular flexibility index (Phi) is 8.72. The van der Waals surface area contributed by atoms with E-state index >= 15 is 0 Å². The molecule has 0 aromatic heterocycles. The molecule has 0 aliphatic carbocycles. The molecular formula is C21H31FN2O3. The molecule has 0 spiro atoms. The number of piperidine rings is 1. The van der Waals surface area contributed by atoms with E-state index in [-0.39, 0.29) is 23.6 Å². The number of benzene rings is 1. The number of likely N-dealkylation sites (tertiary alicyclic amines) is 1. The molecule has 1 heterocycles. The number of halogens is 1. The molecule has 1 aliphatic rings. The van der Waals surface area contributed by atoms with Crippen LogP contribution in [0.4, 0.5) is 4.39 Å². The lowest BCUT2D eigenvalue weighted by Crippen LogP contribution is -2.46. The van der Waals surface area contributed by atoms with Crippen LogP contribution >= 0.6 is 0 Å². The van der Waals surface area contributed by atoms with Crippen molar-refractivity contribution in [3.8, 4) is 0 Å². The Morgan fingerprint density at radius 1 is 1.26 bits per heavy atom. The van der Waals surface area contributed by atoms with E-state index in [4.69, 9.17) is 4.74 Å². The van der Waals surface area contributed by atoms with Crippen molar-refractivity contribution in [1.82, 2.24) is 10.2 Å². The van der Waals surface area contributed by atoms with Crippen LogP contribution in [0.2, 0.25) is 0 Å². The molecule has 2 unspecified atom stereocenters. The first-order chi connectivity index (χ1) is 13.1. The van der Waals surface area contributed by atoms with E-state index in [1.54, 1.807) is 12.1 Å². The average molecular weight is 378 g/mol. The third-order valence-electron chi connectivity index (χ3n) is 5.13. The van der Waals surface area contributed by atoms with Gasteiger partial charge in [0.05, 0.1) is 13.0 Å². The largest absolute Gasteiger partial charge is 0.468 e. The summed E-state index contributed by atoms with van der Waals surface area (Å²) >= 11 is 0. The summed E-state index contributed by atoms with van der Waals surface area (Å²) in [4.78, 5) is 26.9. The van der Waals surface area contributed by atoms with Gasteiger partial charge in [-0.15, -0.1) is 0 Å². The number of hydrogen-bond donors (Lipinski definition) is 1. The van der Waals surface area contributed by atoms with Crippen molar-refractivity contribution < 1.29 is 18.7 Å². The first-order valence-corrected chi connectivity index (χ1v) is 9.91. The van der Waals surface area contributed by atoms with Gasteiger partial charge in [-0.25, -0.2) is 9.18 Å². The Balaban J connectivity index is 1.99. The van der Waals surface area contributed by atoms with Crippen LogP contribution in [-0.2, 0) is 14.3 Å². The number of esters is 1. The van der Waals surface area contributed by atoms with Gasteiger partial charge in [-0.1, -0.05) is 38.3 Å². The fourth-order valence-corrected chi connectivity index (χ4v) is 3.62. The Hall–Kier alpha value is -1.95. The molecule has 1 aromatic carbocycles. The second kappa shape index (κ2) is 11.0. The smallest absolute Gasteiger partial charge is 0.327 e. The van der Waals surface area contributed by atoms with Crippen LogP contribution in [-0.4, -0.2) is 43.5 Å². The highest BCUT2D eigenvalue weighted by Gasteiger charge is 2.34. The van der Waals surface area contributed by atoms with Crippen molar-refractivity contribution in [2.75, 3.05) is 26.7 Å². The minimum atomic E-state index is -0.615. The van der Waals surface area contributed by atoms with Gasteiger partial charge in [0, 0.05) is 13.1 Å². The zero-order chi connectivity index (χ0) is 19.6. The first-order valence-electron chi connectivity index (χ1n) is 9.91. The summed E-state index contributed by atoms with van der Waals surface area (Å²) in [6.07, 6.45) is 6.13. The number of nitrogens with one attached hydrogen (secondary N) is 1. The van der Waals surface area contributed by atoms with Crippen molar-refractivity contribution in [2.45, 2.75) is 51.5 Å². The van der Waals surface area contributed by atoms with Crippen LogP contribution in [0.1, 0.15) is 57.1 Å². The summed E-state index contributed by atoms with van der Waals surface area (Å²) < 4.78 is 18.2. The lowest BCUT2D eigenvalue weighted by molar-refractivity contribution is -0.149. The van der Waals surface area contributed by atoms with Crippen molar-refractivity contribution in [1.29, 1.82) is 0 Å². The molecule has 0 bridgehead atoms. The molecule has 5 nitrogen and oxygen atoms in total. The van der Waals surface area contributed by atoms with Crippen molar-refractivity contribution in [3.05, 3.63) is 35.6 Å². The van der Waals surface area contributed by atoms with Gasteiger partial charge in [-0.3, -0.25) is 9.69 Å². The molecule has 1 saturated heterocycles. The van der Waals surface area contributed by atoms with Crippen LogP contribution in [0.3, 0.4) is 0 Å². The van der Waals surface area contributed by atoms with Gasteiger partial charge < -0.3 is 10.1 Å². The number of nitrogens with zero attached hydrogens (tertiary/aromatic N) is 1. The predicted molar refractivity (Wildman–Crippen MR) is 103 cm³/mol. The Labute approximate surface area is 161 Å². The fraction of sp³-hybridized carbons (Fsp3) is 0.619. The molecule has 150 valence electrons. The SMILES string of the molecule is CCCCCCNC(=O)C1CCCN(C(C(=O)OC)c2ccc(F)cc2)C1. The number of rotatable bonds is 9. The summed E-state index contributed by atoms with van der Waals surface area (Å²) in [5.74, 6) is -0.819. The number of ether oxygens (including phenoxy) is 1. The van der Waals surface area contributed by atoms with E-state index in [9.17, 15) is 14.0 Å². The van der Waals surface area contributed by atoms with Gasteiger partial charge in [-0.2, -0.15) is 0 Å². The Bertz CT molecular complexity index is 606. The maximum absolute atomic E-state index is 13.3. The molecular weight excluding hydrogens is 347 g/mol. The maximum Gasteiger partial charge on any atom is 0.327 e. The van der Waals surface area contributed by atoms with E-state index in [0.717, 1.165) is 25.7 Å². The van der Waals surface area contributed by atoms with Gasteiger partial charge in [0.1, 0.15) is 11.9 Å². The van der Waals surface area contributed by atoms with E-state index in [2.05, 4.69) is 12.2 Å². The number of amides is 1. The summed E-state index contributed by atoms with van der Waals surface area (Å²) in [7, 11) is 1.35. The normalized spacial score (nSPS) is 18.7. The minimum Gasteiger partial charge on any atom is -0.468 e. The van der Waals surface area contributed by atoms with Gasteiger partial charge in [0.2, 0.25) is 5.91 Å². The van der Waals surface area contributed by atoms with E-state index in [1.807, 2.05) is 4.90 Å². The zero-order valence-electron chi connectivity index (χ0n) is 16.4. The second-order valence-corrected chi connectivity index (χ2v) is 7.16. The van der Waals surface area contributed by atoms with Crippen LogP contribution in [0.15, 0.2) is 24.3 Å². The van der Waals surface area contributed by atoms with Gasteiger partial charge >= 0.3 is 5.97 Å². The molecule has 1 N–H and O–H groups in total. The molecule has 1 amide bonds. The summed E-state index contributed by atoms with van der Waals surface area (Å²) in [5.41, 5.74) is 0.684. The lowest BCUT2D eigenvalue weighted by Gasteiger charge is -2.36. The lowest BCUT2D eigenvalue weighted by atomic mass is 9.94. The van der Waals surface area contributed by atoms with E-state index in [0.29, 0.717) is 25.2 Å². The Morgan fingerprint density at radius 3 is 2.67 bits per heavy atom. The highest BCUT2D eigenvalue weighted by molar-refractivity contribution is 5.80. The summed E-state index contributed by atoms with van der Waals surface area (Å²) in [5, 5.41) is 3.03. The molecule has 1 aliphatic heterocycles. The molecule has 0 saturated carbocycles. The highest BCUT2D eigenvalue weighted by Crippen LogP contribution is 2.28. The van der Waals surface area contributed by atoms with Gasteiger partial charge in [-0.05, 0) is 43.5 Å². The Morgan fingerprint density at radius 2 is 2.00 bits per heavy atom. The van der Waals surface area contributed by atoms with Crippen molar-refractivity contribution in [3.63, 3.8) is 0 Å². The second-order valence-electron chi connectivity index (χ2n) is 7.16. The van der Waals surface area contributed by atoms with E-state index in [1.165, 1.54) is 32.1 Å². The third kappa shape index (κ3) is 6.31. The first kappa shape index (κ1) is 21.4. The highest BCUT2D eigenvalue weighted by atomic mass is 19.1. The summed E-state index contributed by atoms with van der Waals surface area (Å²) in [6, 6.07) is 5.28. The van der Waals surface area contributed by atoms with Crippen LogP contribution in [0.5, 0.6) is 0 Å². The zero-order valence-corrected chi connectivity index (χ0v) is 16.4. The predicted octanol–water partition coefficient (Wildman–Crippen LogP) is 3.45. The standard InChI is InChI=1S/C21H31FN2O3/c1-3-4-5-6-13-23-20(25)17-8-7-14-24(15-17)19(21(26)27-2)16-9-11-18(22)12-10-16/h9-12,17,19H,3-8,13-15H2,1-2H3,(H,23,25). The topological polar surface area (TPSA) is 58.6 Å². The number of methoxy groups -OCH3 is 1. The molecule has 2 atom stereocenters. The molecule has 0 radical (unpaired) electrons. The molecule has 27 heavy (non-hydrogen) atoms. The minimum absolute atomic E-state index is 0.0546. The molecule has 2 rings (SSSR count). The monoisotopic (exact) mass is 378 g/mol. The van der Waals surface area contributed by atoms with Crippen LogP contribution in [0.25, 0.3) is 0 Å². The maximum atomic E-state index is 13.3. The quantitative estimate of drug-likeness (QED) is 0.528. The molecule has 1 aromatic rings. The fourth-order valence-electron chi connectivity index (χ4n) is 3.62. The van der Waals surface area contributed by atoms with Crippen LogP contribution < -0.4 is 5.32 Å². The molecule has 1 fully saturated rings. The molecule has 6 heteroatoms. The van der Waals surface area contributed by atoms with Gasteiger partial charge in [0.15, 0.2) is 0 Å². The number of carbonyl (C=O) groups is 2. The van der Waals surface area contributed by atoms with Crippen molar-refractivity contribution >= 4 is 11.9 Å².